The van der Waals surface area contributed by atoms with Crippen LogP contribution in [0.25, 0.3) is 5.69 Å². The zero-order chi connectivity index (χ0) is 16.1. The molecular weight excluding hydrogens is 293 g/mol. The van der Waals surface area contributed by atoms with Crippen molar-refractivity contribution in [3.63, 3.8) is 0 Å². The van der Waals surface area contributed by atoms with Gasteiger partial charge in [0.05, 0.1) is 5.56 Å². The van der Waals surface area contributed by atoms with Gasteiger partial charge in [0.2, 0.25) is 5.82 Å². The van der Waals surface area contributed by atoms with E-state index in [0.717, 1.165) is 0 Å². The third-order valence-electron chi connectivity index (χ3n) is 3.27. The van der Waals surface area contributed by atoms with E-state index in [1.165, 1.54) is 13.8 Å². The molecule has 2 N–H and O–H groups in total. The van der Waals surface area contributed by atoms with E-state index >= 15 is 0 Å². The van der Waals surface area contributed by atoms with Crippen LogP contribution in [0.2, 0.25) is 0 Å². The van der Waals surface area contributed by atoms with Gasteiger partial charge in [-0.25, -0.2) is 22.0 Å². The number of nitrogens with zero attached hydrogens (tertiary/aromatic N) is 2. The maximum atomic E-state index is 13.8. The van der Waals surface area contributed by atoms with Gasteiger partial charge in [-0.3, -0.25) is 4.57 Å². The molecule has 0 aliphatic rings. The molecule has 0 aliphatic heterocycles. The molecule has 21 heavy (non-hydrogen) atoms. The molecule has 0 saturated heterocycles. The Kier molecular flexibility index (Phi) is 3.37. The van der Waals surface area contributed by atoms with Gasteiger partial charge in [0.25, 0.3) is 0 Å². The molecule has 110 valence electrons. The molecule has 0 saturated carbocycles. The van der Waals surface area contributed by atoms with E-state index in [-0.39, 0.29) is 11.3 Å². The molecule has 2 aromatic rings. The second-order valence-corrected chi connectivity index (χ2v) is 4.34. The van der Waals surface area contributed by atoms with Gasteiger partial charge < -0.3 is 5.73 Å². The SMILES string of the molecule is Cc1c(C#N)c(N)n(-c2c(F)c(F)c(F)c(F)c2F)c1C. The highest BCUT2D eigenvalue weighted by atomic mass is 19.2. The van der Waals surface area contributed by atoms with Crippen LogP contribution < -0.4 is 5.73 Å². The van der Waals surface area contributed by atoms with Crippen LogP contribution in [0, 0.1) is 54.3 Å². The molecule has 0 spiro atoms. The highest BCUT2D eigenvalue weighted by Crippen LogP contribution is 2.33. The normalized spacial score (nSPS) is 10.8. The van der Waals surface area contributed by atoms with Gasteiger partial charge >= 0.3 is 0 Å². The van der Waals surface area contributed by atoms with Gasteiger partial charge in [-0.15, -0.1) is 0 Å². The van der Waals surface area contributed by atoms with Gasteiger partial charge in [0.1, 0.15) is 17.6 Å². The van der Waals surface area contributed by atoms with Crippen molar-refractivity contribution in [3.05, 3.63) is 45.9 Å². The van der Waals surface area contributed by atoms with E-state index in [1.54, 1.807) is 6.07 Å². The Morgan fingerprint density at radius 3 is 1.71 bits per heavy atom. The maximum Gasteiger partial charge on any atom is 0.200 e. The first-order valence-corrected chi connectivity index (χ1v) is 5.63. The van der Waals surface area contributed by atoms with Crippen LogP contribution in [0.3, 0.4) is 0 Å². The summed E-state index contributed by atoms with van der Waals surface area (Å²) in [6, 6.07) is 1.72. The van der Waals surface area contributed by atoms with Crippen molar-refractivity contribution in [2.45, 2.75) is 13.8 Å². The Morgan fingerprint density at radius 1 is 0.905 bits per heavy atom. The second-order valence-electron chi connectivity index (χ2n) is 4.34. The van der Waals surface area contributed by atoms with Crippen molar-refractivity contribution >= 4 is 5.82 Å². The molecule has 0 unspecified atom stereocenters. The highest BCUT2D eigenvalue weighted by Gasteiger charge is 2.29. The Balaban J connectivity index is 2.97. The summed E-state index contributed by atoms with van der Waals surface area (Å²) in [5.41, 5.74) is 4.70. The zero-order valence-electron chi connectivity index (χ0n) is 10.9. The van der Waals surface area contributed by atoms with Gasteiger partial charge in [-0.1, -0.05) is 0 Å². The smallest absolute Gasteiger partial charge is 0.200 e. The lowest BCUT2D eigenvalue weighted by atomic mass is 10.2. The fourth-order valence-corrected chi connectivity index (χ4v) is 2.05. The predicted octanol–water partition coefficient (Wildman–Crippen LogP) is 3.24. The van der Waals surface area contributed by atoms with E-state index in [2.05, 4.69) is 0 Å². The third kappa shape index (κ3) is 1.85. The first kappa shape index (κ1) is 14.8. The van der Waals surface area contributed by atoms with Crippen molar-refractivity contribution in [1.29, 1.82) is 5.26 Å². The zero-order valence-corrected chi connectivity index (χ0v) is 10.9. The minimum atomic E-state index is -2.26. The van der Waals surface area contributed by atoms with E-state index in [1.807, 2.05) is 0 Å². The van der Waals surface area contributed by atoms with Gasteiger partial charge in [0, 0.05) is 5.69 Å². The second kappa shape index (κ2) is 4.77. The average molecular weight is 301 g/mol. The monoisotopic (exact) mass is 301 g/mol. The van der Waals surface area contributed by atoms with Crippen LogP contribution in [-0.2, 0) is 0 Å². The summed E-state index contributed by atoms with van der Waals surface area (Å²) in [5.74, 6) is -10.8. The lowest BCUT2D eigenvalue weighted by molar-refractivity contribution is 0.375. The quantitative estimate of drug-likeness (QED) is 0.499. The molecule has 1 aromatic heterocycles. The number of hydrogen-bond acceptors (Lipinski definition) is 2. The maximum absolute atomic E-state index is 13.8. The predicted molar refractivity (Wildman–Crippen MR) is 64.2 cm³/mol. The molecule has 0 amide bonds. The summed E-state index contributed by atoms with van der Waals surface area (Å²) in [7, 11) is 0. The Morgan fingerprint density at radius 2 is 1.33 bits per heavy atom. The molecule has 1 aromatic carbocycles. The van der Waals surface area contributed by atoms with Crippen molar-refractivity contribution in [3.8, 4) is 11.8 Å². The lowest BCUT2D eigenvalue weighted by Gasteiger charge is -2.13. The molecule has 1 heterocycles. The van der Waals surface area contributed by atoms with Crippen molar-refractivity contribution < 1.29 is 22.0 Å². The van der Waals surface area contributed by atoms with Crippen LogP contribution in [-0.4, -0.2) is 4.57 Å². The van der Waals surface area contributed by atoms with Gasteiger partial charge in [0.15, 0.2) is 23.3 Å². The number of anilines is 1. The van der Waals surface area contributed by atoms with Gasteiger partial charge in [-0.2, -0.15) is 5.26 Å². The van der Waals surface area contributed by atoms with E-state index in [0.29, 0.717) is 10.1 Å². The van der Waals surface area contributed by atoms with E-state index < -0.39 is 40.6 Å². The molecule has 0 radical (unpaired) electrons. The van der Waals surface area contributed by atoms with Crippen molar-refractivity contribution in [2.24, 2.45) is 0 Å². The standard InChI is InChI=1S/C13H8F5N3/c1-4-5(2)21(13(20)6(4)3-19)12-10(17)8(15)7(14)9(16)11(12)18/h20H2,1-2H3. The summed E-state index contributed by atoms with van der Waals surface area (Å²) in [4.78, 5) is 0. The molecule has 8 heteroatoms. The molecule has 3 nitrogen and oxygen atoms in total. The number of nitrogen functional groups attached to an aromatic ring is 1. The topological polar surface area (TPSA) is 54.7 Å². The van der Waals surface area contributed by atoms with Crippen LogP contribution >= 0.6 is 0 Å². The molecule has 0 fully saturated rings. The van der Waals surface area contributed by atoms with E-state index in [9.17, 15) is 22.0 Å². The Bertz CT molecular complexity index is 773. The lowest BCUT2D eigenvalue weighted by Crippen LogP contribution is -2.12. The fraction of sp³-hybridized carbons (Fsp3) is 0.154. The largest absolute Gasteiger partial charge is 0.384 e. The first-order valence-electron chi connectivity index (χ1n) is 5.63. The van der Waals surface area contributed by atoms with Crippen molar-refractivity contribution in [1.82, 2.24) is 4.57 Å². The summed E-state index contributed by atoms with van der Waals surface area (Å²) in [5, 5.41) is 8.94. The molecule has 2 rings (SSSR count). The number of nitriles is 1. The number of halogens is 5. The number of rotatable bonds is 1. The van der Waals surface area contributed by atoms with Crippen LogP contribution in [0.1, 0.15) is 16.8 Å². The minimum Gasteiger partial charge on any atom is -0.384 e. The Hall–Kier alpha value is -2.56. The summed E-state index contributed by atoms with van der Waals surface area (Å²) < 4.78 is 67.8. The van der Waals surface area contributed by atoms with Gasteiger partial charge in [-0.05, 0) is 19.4 Å². The summed E-state index contributed by atoms with van der Waals surface area (Å²) in [6.45, 7) is 2.80. The molecule has 0 bridgehead atoms. The van der Waals surface area contributed by atoms with Crippen LogP contribution in [0.15, 0.2) is 0 Å². The fourth-order valence-electron chi connectivity index (χ4n) is 2.05. The third-order valence-corrected chi connectivity index (χ3v) is 3.27. The molecule has 0 aliphatic carbocycles. The highest BCUT2D eigenvalue weighted by molar-refractivity contribution is 5.62. The summed E-state index contributed by atoms with van der Waals surface area (Å²) >= 11 is 0. The van der Waals surface area contributed by atoms with Crippen molar-refractivity contribution in [2.75, 3.05) is 5.73 Å². The molecular formula is C13H8F5N3. The van der Waals surface area contributed by atoms with Crippen LogP contribution in [0.5, 0.6) is 0 Å². The number of nitrogens with two attached hydrogens (primary N) is 1. The first-order chi connectivity index (χ1) is 9.73. The molecule has 0 atom stereocenters. The number of hydrogen-bond donors (Lipinski definition) is 1. The van der Waals surface area contributed by atoms with E-state index in [4.69, 9.17) is 11.0 Å². The number of aromatic nitrogens is 1. The summed E-state index contributed by atoms with van der Waals surface area (Å²) in [6.07, 6.45) is 0. The average Bonchev–Trinajstić information content (AvgIpc) is 2.66. The van der Waals surface area contributed by atoms with Crippen LogP contribution in [0.4, 0.5) is 27.8 Å². The minimum absolute atomic E-state index is 0.0866. The Labute approximate surface area is 116 Å². The number of benzene rings is 1.